The van der Waals surface area contributed by atoms with Crippen molar-refractivity contribution in [2.45, 2.75) is 0 Å². The van der Waals surface area contributed by atoms with Crippen molar-refractivity contribution in [3.05, 3.63) is 36.4 Å². The van der Waals surface area contributed by atoms with Crippen LogP contribution in [0.2, 0.25) is 0 Å². The minimum Gasteiger partial charge on any atom is -0.508 e. The molecule has 0 aliphatic heterocycles. The maximum absolute atomic E-state index is 9.72. The van der Waals surface area contributed by atoms with Crippen molar-refractivity contribution in [2.75, 3.05) is 11.5 Å². The number of nitrogens with two attached hydrogens (primary N) is 2. The molecule has 4 heteroatoms. The van der Waals surface area contributed by atoms with Gasteiger partial charge in [0.25, 0.3) is 0 Å². The number of aromatic hydroxyl groups is 2. The van der Waals surface area contributed by atoms with Gasteiger partial charge in [-0.3, -0.25) is 0 Å². The fraction of sp³-hybridized carbons (Fsp3) is 0. The molecule has 0 fully saturated rings. The number of hydrogen-bond acceptors (Lipinski definition) is 4. The molecule has 82 valence electrons. The lowest BCUT2D eigenvalue weighted by Gasteiger charge is -2.07. The minimum absolute atomic E-state index is 0.0602. The summed E-state index contributed by atoms with van der Waals surface area (Å²) in [5, 5.41) is 19.1. The first kappa shape index (κ1) is 10.2. The van der Waals surface area contributed by atoms with Gasteiger partial charge in [-0.1, -0.05) is 0 Å². The van der Waals surface area contributed by atoms with Gasteiger partial charge in [0.2, 0.25) is 0 Å². The van der Waals surface area contributed by atoms with Gasteiger partial charge >= 0.3 is 0 Å². The molecule has 0 unspecified atom stereocenters. The third-order valence-electron chi connectivity index (χ3n) is 2.27. The third kappa shape index (κ3) is 1.86. The Kier molecular flexibility index (Phi) is 2.32. The fourth-order valence-corrected chi connectivity index (χ4v) is 1.58. The van der Waals surface area contributed by atoms with E-state index in [-0.39, 0.29) is 11.5 Å². The molecule has 0 bridgehead atoms. The van der Waals surface area contributed by atoms with E-state index in [1.54, 1.807) is 18.2 Å². The van der Waals surface area contributed by atoms with Gasteiger partial charge in [-0.2, -0.15) is 0 Å². The minimum atomic E-state index is 0.0602. The molecule has 0 spiro atoms. The highest BCUT2D eigenvalue weighted by Gasteiger charge is 2.06. The molecule has 4 nitrogen and oxygen atoms in total. The van der Waals surface area contributed by atoms with Crippen LogP contribution < -0.4 is 11.5 Å². The van der Waals surface area contributed by atoms with Gasteiger partial charge in [0.15, 0.2) is 0 Å². The van der Waals surface area contributed by atoms with Crippen molar-refractivity contribution in [2.24, 2.45) is 0 Å². The Morgan fingerprint density at radius 3 is 2.19 bits per heavy atom. The third-order valence-corrected chi connectivity index (χ3v) is 2.27. The average Bonchev–Trinajstić information content (AvgIpc) is 2.15. The Hall–Kier alpha value is -2.36. The molecule has 0 atom stereocenters. The van der Waals surface area contributed by atoms with E-state index in [1.165, 1.54) is 18.2 Å². The van der Waals surface area contributed by atoms with Crippen molar-refractivity contribution in [3.63, 3.8) is 0 Å². The number of phenols is 2. The summed E-state index contributed by atoms with van der Waals surface area (Å²) in [7, 11) is 0. The molecular weight excluding hydrogens is 204 g/mol. The standard InChI is InChI=1S/C12H12N2O2/c13-8-1-2-11(12(16)6-8)7-3-9(14)5-10(15)4-7/h1-6,15-16H,13-14H2. The molecule has 0 aliphatic rings. The summed E-state index contributed by atoms with van der Waals surface area (Å²) >= 11 is 0. The van der Waals surface area contributed by atoms with Gasteiger partial charge in [0.1, 0.15) is 11.5 Å². The Labute approximate surface area is 92.8 Å². The zero-order valence-corrected chi connectivity index (χ0v) is 8.51. The Balaban J connectivity index is 2.58. The molecule has 0 saturated carbocycles. The van der Waals surface area contributed by atoms with Crippen molar-refractivity contribution in [3.8, 4) is 22.6 Å². The first-order valence-electron chi connectivity index (χ1n) is 4.74. The maximum atomic E-state index is 9.72. The zero-order chi connectivity index (χ0) is 11.7. The molecule has 16 heavy (non-hydrogen) atoms. The van der Waals surface area contributed by atoms with Crippen LogP contribution in [-0.2, 0) is 0 Å². The largest absolute Gasteiger partial charge is 0.508 e. The molecule has 0 aliphatic carbocycles. The first-order chi connectivity index (χ1) is 7.56. The lowest BCUT2D eigenvalue weighted by atomic mass is 10.0. The van der Waals surface area contributed by atoms with Crippen molar-refractivity contribution in [1.29, 1.82) is 0 Å². The van der Waals surface area contributed by atoms with Gasteiger partial charge in [-0.05, 0) is 29.8 Å². The van der Waals surface area contributed by atoms with Crippen LogP contribution in [-0.4, -0.2) is 10.2 Å². The number of benzene rings is 2. The fourth-order valence-electron chi connectivity index (χ4n) is 1.58. The summed E-state index contributed by atoms with van der Waals surface area (Å²) in [4.78, 5) is 0. The monoisotopic (exact) mass is 216 g/mol. The smallest absolute Gasteiger partial charge is 0.125 e. The summed E-state index contributed by atoms with van der Waals surface area (Å²) in [5.74, 6) is 0.122. The predicted octanol–water partition coefficient (Wildman–Crippen LogP) is 1.93. The van der Waals surface area contributed by atoms with E-state index in [9.17, 15) is 10.2 Å². The summed E-state index contributed by atoms with van der Waals surface area (Å²) < 4.78 is 0. The van der Waals surface area contributed by atoms with Crippen LogP contribution in [0.4, 0.5) is 11.4 Å². The summed E-state index contributed by atoms with van der Waals surface area (Å²) in [6.45, 7) is 0. The van der Waals surface area contributed by atoms with Crippen LogP contribution in [0, 0.1) is 0 Å². The normalized spacial score (nSPS) is 10.2. The van der Waals surface area contributed by atoms with Crippen LogP contribution in [0.1, 0.15) is 0 Å². The lowest BCUT2D eigenvalue weighted by molar-refractivity contribution is 0.474. The van der Waals surface area contributed by atoms with Crippen molar-refractivity contribution < 1.29 is 10.2 Å². The van der Waals surface area contributed by atoms with Gasteiger partial charge in [0, 0.05) is 29.1 Å². The van der Waals surface area contributed by atoms with Gasteiger partial charge in [0.05, 0.1) is 0 Å². The van der Waals surface area contributed by atoms with Gasteiger partial charge in [-0.15, -0.1) is 0 Å². The molecule has 2 rings (SSSR count). The van der Waals surface area contributed by atoms with E-state index in [0.29, 0.717) is 22.5 Å². The van der Waals surface area contributed by atoms with E-state index in [4.69, 9.17) is 11.5 Å². The topological polar surface area (TPSA) is 92.5 Å². The Bertz CT molecular complexity index is 518. The number of rotatable bonds is 1. The average molecular weight is 216 g/mol. The van der Waals surface area contributed by atoms with E-state index in [2.05, 4.69) is 0 Å². The molecule has 0 heterocycles. The number of anilines is 2. The molecule has 6 N–H and O–H groups in total. The molecule has 0 amide bonds. The Morgan fingerprint density at radius 1 is 0.812 bits per heavy atom. The van der Waals surface area contributed by atoms with Crippen LogP contribution in [0.5, 0.6) is 11.5 Å². The summed E-state index contributed by atoms with van der Waals surface area (Å²) in [6.07, 6.45) is 0. The van der Waals surface area contributed by atoms with Crippen LogP contribution in [0.3, 0.4) is 0 Å². The molecule has 0 saturated heterocycles. The van der Waals surface area contributed by atoms with E-state index >= 15 is 0 Å². The van der Waals surface area contributed by atoms with Crippen LogP contribution in [0.15, 0.2) is 36.4 Å². The summed E-state index contributed by atoms with van der Waals surface area (Å²) in [6, 6.07) is 9.45. The van der Waals surface area contributed by atoms with Crippen LogP contribution >= 0.6 is 0 Å². The quantitative estimate of drug-likeness (QED) is 0.548. The zero-order valence-electron chi connectivity index (χ0n) is 8.51. The predicted molar refractivity (Wildman–Crippen MR) is 64.0 cm³/mol. The summed E-state index contributed by atoms with van der Waals surface area (Å²) in [5.41, 5.74) is 13.3. The number of phenolic OH excluding ortho intramolecular Hbond substituents is 2. The van der Waals surface area contributed by atoms with Crippen LogP contribution in [0.25, 0.3) is 11.1 Å². The highest BCUT2D eigenvalue weighted by atomic mass is 16.3. The number of nitrogen functional groups attached to an aromatic ring is 2. The van der Waals surface area contributed by atoms with Crippen molar-refractivity contribution >= 4 is 11.4 Å². The lowest BCUT2D eigenvalue weighted by Crippen LogP contribution is -1.88. The highest BCUT2D eigenvalue weighted by molar-refractivity contribution is 5.76. The van der Waals surface area contributed by atoms with E-state index in [1.807, 2.05) is 0 Å². The second kappa shape index (κ2) is 3.66. The van der Waals surface area contributed by atoms with E-state index in [0.717, 1.165) is 0 Å². The molecule has 2 aromatic rings. The second-order valence-electron chi connectivity index (χ2n) is 3.59. The SMILES string of the molecule is Nc1cc(O)cc(-c2ccc(N)cc2O)c1. The first-order valence-corrected chi connectivity index (χ1v) is 4.74. The second-order valence-corrected chi connectivity index (χ2v) is 3.59. The van der Waals surface area contributed by atoms with Crippen molar-refractivity contribution in [1.82, 2.24) is 0 Å². The molecule has 2 aromatic carbocycles. The number of hydrogen-bond donors (Lipinski definition) is 4. The Morgan fingerprint density at radius 2 is 1.56 bits per heavy atom. The molecular formula is C12H12N2O2. The molecule has 0 radical (unpaired) electrons. The molecule has 0 aromatic heterocycles. The van der Waals surface area contributed by atoms with E-state index < -0.39 is 0 Å². The maximum Gasteiger partial charge on any atom is 0.125 e. The van der Waals surface area contributed by atoms with Gasteiger partial charge < -0.3 is 21.7 Å². The highest BCUT2D eigenvalue weighted by Crippen LogP contribution is 2.33. The van der Waals surface area contributed by atoms with Gasteiger partial charge in [-0.25, -0.2) is 0 Å².